The van der Waals surface area contributed by atoms with Gasteiger partial charge in [0.25, 0.3) is 0 Å². The Bertz CT molecular complexity index is 703. The molecule has 2 N–H and O–H groups in total. The van der Waals surface area contributed by atoms with Gasteiger partial charge in [-0.2, -0.15) is 5.10 Å². The SMILES string of the molecule is CCCO[C@H]1C[C@@H](c2nc(C)nn2-c2ccccc2CC)CC[C@@H]1N.Cl. The van der Waals surface area contributed by atoms with Gasteiger partial charge in [-0.1, -0.05) is 32.0 Å². The van der Waals surface area contributed by atoms with Gasteiger partial charge in [0.05, 0.1) is 11.8 Å². The molecule has 0 saturated heterocycles. The maximum absolute atomic E-state index is 6.29. The molecule has 2 aromatic rings. The zero-order chi connectivity index (χ0) is 17.8. The number of hydrogen-bond donors (Lipinski definition) is 1. The van der Waals surface area contributed by atoms with Gasteiger partial charge >= 0.3 is 0 Å². The minimum atomic E-state index is 0. The molecule has 5 nitrogen and oxygen atoms in total. The minimum absolute atomic E-state index is 0. The first-order chi connectivity index (χ1) is 12.1. The van der Waals surface area contributed by atoms with Gasteiger partial charge in [-0.25, -0.2) is 9.67 Å². The molecular weight excluding hydrogens is 348 g/mol. The van der Waals surface area contributed by atoms with Crippen LogP contribution >= 0.6 is 12.4 Å². The lowest BCUT2D eigenvalue weighted by Crippen LogP contribution is -2.42. The van der Waals surface area contributed by atoms with Gasteiger partial charge in [0.15, 0.2) is 0 Å². The van der Waals surface area contributed by atoms with E-state index in [0.717, 1.165) is 56.0 Å². The lowest BCUT2D eigenvalue weighted by molar-refractivity contribution is 0.00883. The van der Waals surface area contributed by atoms with Gasteiger partial charge in [0, 0.05) is 18.6 Å². The van der Waals surface area contributed by atoms with Crippen molar-refractivity contribution in [2.45, 2.75) is 70.9 Å². The summed E-state index contributed by atoms with van der Waals surface area (Å²) in [5, 5.41) is 4.70. The van der Waals surface area contributed by atoms with Crippen LogP contribution in [0.2, 0.25) is 0 Å². The van der Waals surface area contributed by atoms with E-state index in [9.17, 15) is 0 Å². The minimum Gasteiger partial charge on any atom is -0.377 e. The van der Waals surface area contributed by atoms with E-state index in [1.165, 1.54) is 5.56 Å². The number of benzene rings is 1. The van der Waals surface area contributed by atoms with Crippen molar-refractivity contribution in [2.24, 2.45) is 5.73 Å². The van der Waals surface area contributed by atoms with Crippen molar-refractivity contribution in [2.75, 3.05) is 6.61 Å². The molecule has 0 radical (unpaired) electrons. The van der Waals surface area contributed by atoms with Gasteiger partial charge in [-0.15, -0.1) is 12.4 Å². The summed E-state index contributed by atoms with van der Waals surface area (Å²) in [4.78, 5) is 4.78. The Morgan fingerprint density at radius 2 is 2.00 bits per heavy atom. The Hall–Kier alpha value is -1.43. The average Bonchev–Trinajstić information content (AvgIpc) is 3.02. The molecule has 3 atom stereocenters. The smallest absolute Gasteiger partial charge is 0.148 e. The maximum Gasteiger partial charge on any atom is 0.148 e. The Balaban J connectivity index is 0.00000243. The van der Waals surface area contributed by atoms with Crippen LogP contribution in [0.25, 0.3) is 5.69 Å². The summed E-state index contributed by atoms with van der Waals surface area (Å²) in [5.74, 6) is 2.21. The second-order valence-corrected chi connectivity index (χ2v) is 6.99. The summed E-state index contributed by atoms with van der Waals surface area (Å²) in [7, 11) is 0. The van der Waals surface area contributed by atoms with Crippen molar-refractivity contribution in [3.05, 3.63) is 41.5 Å². The molecule has 144 valence electrons. The molecule has 0 amide bonds. The monoisotopic (exact) mass is 378 g/mol. The van der Waals surface area contributed by atoms with Gasteiger partial charge in [-0.3, -0.25) is 0 Å². The molecule has 1 aliphatic rings. The van der Waals surface area contributed by atoms with Crippen molar-refractivity contribution in [3.63, 3.8) is 0 Å². The third-order valence-electron chi connectivity index (χ3n) is 5.08. The molecule has 0 unspecified atom stereocenters. The Labute approximate surface area is 162 Å². The highest BCUT2D eigenvalue weighted by Crippen LogP contribution is 2.34. The standard InChI is InChI=1S/C20H30N4O.ClH/c1-4-12-25-19-13-16(10-11-17(19)21)20-22-14(3)23-24(20)18-9-7-6-8-15(18)5-2;/h6-9,16-17,19H,4-5,10-13,21H2,1-3H3;1H/t16-,17-,19-;/m0./s1. The van der Waals surface area contributed by atoms with Crippen LogP contribution in [0.1, 0.15) is 62.7 Å². The van der Waals surface area contributed by atoms with Crippen molar-refractivity contribution in [1.82, 2.24) is 14.8 Å². The molecule has 0 bridgehead atoms. The lowest BCUT2D eigenvalue weighted by Gasteiger charge is -2.33. The van der Waals surface area contributed by atoms with Crippen molar-refractivity contribution < 1.29 is 4.74 Å². The molecule has 1 saturated carbocycles. The zero-order valence-corrected chi connectivity index (χ0v) is 16.8. The summed E-state index contributed by atoms with van der Waals surface area (Å²) < 4.78 is 8.06. The molecule has 1 heterocycles. The highest BCUT2D eigenvalue weighted by molar-refractivity contribution is 5.85. The predicted molar refractivity (Wildman–Crippen MR) is 107 cm³/mol. The fraction of sp³-hybridized carbons (Fsp3) is 0.600. The van der Waals surface area contributed by atoms with Crippen LogP contribution in [0.3, 0.4) is 0 Å². The third kappa shape index (κ3) is 4.45. The predicted octanol–water partition coefficient (Wildman–Crippen LogP) is 3.95. The van der Waals surface area contributed by atoms with Crippen LogP contribution < -0.4 is 5.73 Å². The molecule has 6 heteroatoms. The van der Waals surface area contributed by atoms with Crippen LogP contribution in [-0.2, 0) is 11.2 Å². The van der Waals surface area contributed by atoms with Crippen molar-refractivity contribution >= 4 is 12.4 Å². The zero-order valence-electron chi connectivity index (χ0n) is 16.0. The van der Waals surface area contributed by atoms with Crippen LogP contribution in [0.4, 0.5) is 0 Å². The van der Waals surface area contributed by atoms with E-state index in [0.29, 0.717) is 5.92 Å². The van der Waals surface area contributed by atoms with Crippen LogP contribution in [-0.4, -0.2) is 33.5 Å². The molecule has 0 aliphatic heterocycles. The number of hydrogen-bond acceptors (Lipinski definition) is 4. The highest BCUT2D eigenvalue weighted by atomic mass is 35.5. The summed E-state index contributed by atoms with van der Waals surface area (Å²) in [6.07, 6.45) is 5.05. The van der Waals surface area contributed by atoms with Gasteiger partial charge in [0.1, 0.15) is 11.6 Å². The number of aryl methyl sites for hydroxylation is 2. The van der Waals surface area contributed by atoms with Crippen molar-refractivity contribution in [3.8, 4) is 5.69 Å². The second kappa shape index (κ2) is 9.49. The Kier molecular flexibility index (Phi) is 7.62. The average molecular weight is 379 g/mol. The summed E-state index contributed by atoms with van der Waals surface area (Å²) in [6.45, 7) is 7.05. The van der Waals surface area contributed by atoms with E-state index >= 15 is 0 Å². The number of halogens is 1. The first-order valence-corrected chi connectivity index (χ1v) is 9.53. The lowest BCUT2D eigenvalue weighted by atomic mass is 9.83. The van der Waals surface area contributed by atoms with E-state index < -0.39 is 0 Å². The molecule has 1 aromatic carbocycles. The first-order valence-electron chi connectivity index (χ1n) is 9.53. The van der Waals surface area contributed by atoms with Gasteiger partial charge in [-0.05, 0) is 50.7 Å². The Morgan fingerprint density at radius 3 is 2.73 bits per heavy atom. The molecular formula is C20H31ClN4O. The molecule has 1 fully saturated rings. The van der Waals surface area contributed by atoms with Crippen LogP contribution in [0, 0.1) is 6.92 Å². The van der Waals surface area contributed by atoms with E-state index in [4.69, 9.17) is 20.6 Å². The fourth-order valence-corrected chi connectivity index (χ4v) is 3.74. The third-order valence-corrected chi connectivity index (χ3v) is 5.08. The number of nitrogens with two attached hydrogens (primary N) is 1. The molecule has 26 heavy (non-hydrogen) atoms. The normalized spacial score (nSPS) is 22.8. The van der Waals surface area contributed by atoms with E-state index in [2.05, 4.69) is 38.1 Å². The summed E-state index contributed by atoms with van der Waals surface area (Å²) in [6, 6.07) is 8.58. The molecule has 1 aliphatic carbocycles. The molecule has 3 rings (SSSR count). The number of nitrogens with zero attached hydrogens (tertiary/aromatic N) is 3. The summed E-state index contributed by atoms with van der Waals surface area (Å²) in [5.41, 5.74) is 8.72. The van der Waals surface area contributed by atoms with Crippen molar-refractivity contribution in [1.29, 1.82) is 0 Å². The first kappa shape index (κ1) is 20.9. The Morgan fingerprint density at radius 1 is 1.23 bits per heavy atom. The van der Waals surface area contributed by atoms with E-state index in [1.54, 1.807) is 0 Å². The van der Waals surface area contributed by atoms with Crippen LogP contribution in [0.5, 0.6) is 0 Å². The number of rotatable bonds is 6. The quantitative estimate of drug-likeness (QED) is 0.826. The number of ether oxygens (including phenoxy) is 1. The largest absolute Gasteiger partial charge is 0.377 e. The number of aromatic nitrogens is 3. The highest BCUT2D eigenvalue weighted by Gasteiger charge is 2.32. The van der Waals surface area contributed by atoms with Crippen LogP contribution in [0.15, 0.2) is 24.3 Å². The number of para-hydroxylation sites is 1. The van der Waals surface area contributed by atoms with Gasteiger partial charge < -0.3 is 10.5 Å². The fourth-order valence-electron chi connectivity index (χ4n) is 3.74. The van der Waals surface area contributed by atoms with E-state index in [-0.39, 0.29) is 24.6 Å². The molecule has 0 spiro atoms. The van der Waals surface area contributed by atoms with Gasteiger partial charge in [0.2, 0.25) is 0 Å². The molecule has 1 aromatic heterocycles. The topological polar surface area (TPSA) is 66.0 Å². The maximum atomic E-state index is 6.29. The summed E-state index contributed by atoms with van der Waals surface area (Å²) >= 11 is 0. The van der Waals surface area contributed by atoms with E-state index in [1.807, 2.05) is 11.6 Å². The second-order valence-electron chi connectivity index (χ2n) is 6.99.